The van der Waals surface area contributed by atoms with E-state index in [1.165, 1.54) is 0 Å². The Hall–Kier alpha value is -1.12. The molecule has 2 rings (SSSR count). The lowest BCUT2D eigenvalue weighted by Gasteiger charge is -2.39. The molecule has 8 heteroatoms. The molecule has 0 unspecified atom stereocenters. The second kappa shape index (κ2) is 9.00. The van der Waals surface area contributed by atoms with Crippen LogP contribution in [0.5, 0.6) is 0 Å². The van der Waals surface area contributed by atoms with Gasteiger partial charge in [-0.1, -0.05) is 6.42 Å². The first-order valence-corrected chi connectivity index (χ1v) is 9.77. The Morgan fingerprint density at radius 3 is 2.64 bits per heavy atom. The van der Waals surface area contributed by atoms with Crippen LogP contribution in [0.1, 0.15) is 45.4 Å². The van der Waals surface area contributed by atoms with Crippen LogP contribution in [0.4, 0.5) is 0 Å². The minimum Gasteiger partial charge on any atom is -0.479 e. The predicted molar refractivity (Wildman–Crippen MR) is 91.1 cm³/mol. The summed E-state index contributed by atoms with van der Waals surface area (Å²) in [7, 11) is 0. The van der Waals surface area contributed by atoms with Gasteiger partial charge in [0.2, 0.25) is 0 Å². The van der Waals surface area contributed by atoms with Gasteiger partial charge in [0, 0.05) is 29.3 Å². The fourth-order valence-electron chi connectivity index (χ4n) is 3.62. The van der Waals surface area contributed by atoms with Gasteiger partial charge in [0.1, 0.15) is 5.78 Å². The Kier molecular flexibility index (Phi) is 7.27. The first kappa shape index (κ1) is 20.2. The first-order chi connectivity index (χ1) is 11.8. The molecule has 2 fully saturated rings. The zero-order valence-electron chi connectivity index (χ0n) is 14.3. The fourth-order valence-corrected chi connectivity index (χ4v) is 4.88. The van der Waals surface area contributed by atoms with Gasteiger partial charge in [0.15, 0.2) is 6.10 Å². The third-order valence-corrected chi connectivity index (χ3v) is 6.40. The molecule has 7 nitrogen and oxygen atoms in total. The summed E-state index contributed by atoms with van der Waals surface area (Å²) in [6.45, 7) is 1.84. The van der Waals surface area contributed by atoms with Gasteiger partial charge in [0.25, 0.3) is 0 Å². The summed E-state index contributed by atoms with van der Waals surface area (Å²) in [5.74, 6) is -2.73. The molecule has 0 spiro atoms. The number of cyclic esters (lactones) is 1. The van der Waals surface area contributed by atoms with Crippen molar-refractivity contribution in [1.29, 1.82) is 0 Å². The molecular weight excluding hydrogens is 348 g/mol. The molecule has 0 bridgehead atoms. The summed E-state index contributed by atoms with van der Waals surface area (Å²) in [4.78, 5) is 35.4. The maximum absolute atomic E-state index is 12.5. The third kappa shape index (κ3) is 5.43. The van der Waals surface area contributed by atoms with Crippen molar-refractivity contribution in [2.24, 2.45) is 11.8 Å². The van der Waals surface area contributed by atoms with E-state index in [0.29, 0.717) is 6.42 Å². The van der Waals surface area contributed by atoms with E-state index in [0.717, 1.165) is 31.0 Å². The van der Waals surface area contributed by atoms with Gasteiger partial charge >= 0.3 is 11.9 Å². The SMILES string of the molecule is C[C@H]1CCCC[C@H]2C(=O)C[C@H](SC[C@H](O)C(=O)O)[C@H](O)[C@@H]2CC(=O)O1. The molecule has 3 N–H and O–H groups in total. The number of hydrogen-bond donors (Lipinski definition) is 3. The molecule has 0 aromatic carbocycles. The van der Waals surface area contributed by atoms with E-state index >= 15 is 0 Å². The molecule has 2 aliphatic rings. The number of carbonyl (C=O) groups is 3. The summed E-state index contributed by atoms with van der Waals surface area (Å²) in [5, 5.41) is 28.3. The van der Waals surface area contributed by atoms with Crippen LogP contribution in [0.25, 0.3) is 0 Å². The Morgan fingerprint density at radius 2 is 1.96 bits per heavy atom. The van der Waals surface area contributed by atoms with E-state index in [1.54, 1.807) is 0 Å². The second-order valence-electron chi connectivity index (χ2n) is 6.95. The topological polar surface area (TPSA) is 121 Å². The summed E-state index contributed by atoms with van der Waals surface area (Å²) in [6, 6.07) is 0. The Labute approximate surface area is 151 Å². The highest BCUT2D eigenvalue weighted by Gasteiger charge is 2.44. The van der Waals surface area contributed by atoms with E-state index in [-0.39, 0.29) is 36.4 Å². The van der Waals surface area contributed by atoms with Crippen molar-refractivity contribution in [1.82, 2.24) is 0 Å². The number of fused-ring (bicyclic) bond motifs is 1. The van der Waals surface area contributed by atoms with Crippen LogP contribution in [-0.2, 0) is 19.1 Å². The van der Waals surface area contributed by atoms with E-state index in [1.807, 2.05) is 6.92 Å². The van der Waals surface area contributed by atoms with Crippen molar-refractivity contribution in [2.75, 3.05) is 5.75 Å². The standard InChI is InChI=1S/C17H26O7S/c1-9-4-2-3-5-10-11(6-15(20)24-9)16(21)14(7-12(10)18)25-8-13(19)17(22)23/h9-11,13-14,16,19,21H,2-8H2,1H3,(H,22,23)/t9-,10+,11+,13-,14-,16+/m0/s1. The largest absolute Gasteiger partial charge is 0.479 e. The predicted octanol–water partition coefficient (Wildman–Crippen LogP) is 0.996. The van der Waals surface area contributed by atoms with E-state index in [2.05, 4.69) is 0 Å². The molecule has 0 aromatic rings. The first-order valence-electron chi connectivity index (χ1n) is 8.72. The van der Waals surface area contributed by atoms with Crippen molar-refractivity contribution in [2.45, 2.75) is 69.0 Å². The van der Waals surface area contributed by atoms with Gasteiger partial charge in [-0.3, -0.25) is 9.59 Å². The van der Waals surface area contributed by atoms with Crippen molar-refractivity contribution < 1.29 is 34.4 Å². The highest BCUT2D eigenvalue weighted by Crippen LogP contribution is 2.39. The van der Waals surface area contributed by atoms with Crippen LogP contribution in [0, 0.1) is 11.8 Å². The molecule has 0 amide bonds. The number of carboxylic acid groups (broad SMARTS) is 1. The minimum absolute atomic E-state index is 0.000892. The van der Waals surface area contributed by atoms with Crippen molar-refractivity contribution in [3.63, 3.8) is 0 Å². The van der Waals surface area contributed by atoms with Crippen LogP contribution in [0.15, 0.2) is 0 Å². The Balaban J connectivity index is 2.08. The van der Waals surface area contributed by atoms with Gasteiger partial charge in [-0.15, -0.1) is 0 Å². The molecular formula is C17H26O7S. The summed E-state index contributed by atoms with van der Waals surface area (Å²) in [5.41, 5.74) is 0. The van der Waals surface area contributed by atoms with Crippen LogP contribution in [0.2, 0.25) is 0 Å². The van der Waals surface area contributed by atoms with Crippen molar-refractivity contribution in [3.05, 3.63) is 0 Å². The van der Waals surface area contributed by atoms with Gasteiger partial charge < -0.3 is 20.1 Å². The zero-order chi connectivity index (χ0) is 18.6. The van der Waals surface area contributed by atoms with Crippen LogP contribution < -0.4 is 0 Å². The fraction of sp³-hybridized carbons (Fsp3) is 0.824. The lowest BCUT2D eigenvalue weighted by molar-refractivity contribution is -0.153. The number of aliphatic hydroxyl groups is 2. The number of esters is 1. The van der Waals surface area contributed by atoms with Gasteiger partial charge in [-0.2, -0.15) is 11.8 Å². The molecule has 1 saturated heterocycles. The molecule has 1 saturated carbocycles. The third-order valence-electron chi connectivity index (χ3n) is 5.02. The number of rotatable bonds is 4. The molecule has 0 aromatic heterocycles. The monoisotopic (exact) mass is 374 g/mol. The van der Waals surface area contributed by atoms with Crippen LogP contribution >= 0.6 is 11.8 Å². The lowest BCUT2D eigenvalue weighted by atomic mass is 9.72. The molecule has 0 radical (unpaired) electrons. The number of thioether (sulfide) groups is 1. The number of carboxylic acids is 1. The van der Waals surface area contributed by atoms with Crippen LogP contribution in [0.3, 0.4) is 0 Å². The molecule has 1 aliphatic heterocycles. The number of ether oxygens (including phenoxy) is 1. The van der Waals surface area contributed by atoms with Gasteiger partial charge in [-0.05, 0) is 26.2 Å². The van der Waals surface area contributed by atoms with E-state index < -0.39 is 35.3 Å². The number of hydrogen-bond acceptors (Lipinski definition) is 7. The van der Waals surface area contributed by atoms with E-state index in [9.17, 15) is 24.6 Å². The average Bonchev–Trinajstić information content (AvgIpc) is 2.54. The summed E-state index contributed by atoms with van der Waals surface area (Å²) in [6.07, 6.45) is 0.625. The summed E-state index contributed by atoms with van der Waals surface area (Å²) < 4.78 is 5.34. The number of Topliss-reactive ketones (excluding diaryl/α,β-unsaturated/α-hetero) is 1. The lowest BCUT2D eigenvalue weighted by Crippen LogP contribution is -2.47. The molecule has 25 heavy (non-hydrogen) atoms. The number of ketones is 1. The van der Waals surface area contributed by atoms with Gasteiger partial charge in [0.05, 0.1) is 18.6 Å². The number of aliphatic carboxylic acids is 1. The van der Waals surface area contributed by atoms with Crippen molar-refractivity contribution in [3.8, 4) is 0 Å². The normalized spacial score (nSPS) is 35.4. The highest BCUT2D eigenvalue weighted by atomic mass is 32.2. The van der Waals surface area contributed by atoms with Gasteiger partial charge in [-0.25, -0.2) is 4.79 Å². The quantitative estimate of drug-likeness (QED) is 0.623. The Bertz CT molecular complexity index is 509. The summed E-state index contributed by atoms with van der Waals surface area (Å²) >= 11 is 1.07. The number of carbonyl (C=O) groups excluding carboxylic acids is 2. The van der Waals surface area contributed by atoms with Crippen LogP contribution in [-0.4, -0.2) is 62.4 Å². The minimum atomic E-state index is -1.54. The number of aliphatic hydroxyl groups excluding tert-OH is 2. The zero-order valence-corrected chi connectivity index (χ0v) is 15.1. The molecule has 6 atom stereocenters. The highest BCUT2D eigenvalue weighted by molar-refractivity contribution is 8.00. The average molecular weight is 374 g/mol. The smallest absolute Gasteiger partial charge is 0.333 e. The Morgan fingerprint density at radius 1 is 1.28 bits per heavy atom. The van der Waals surface area contributed by atoms with Crippen molar-refractivity contribution >= 4 is 29.5 Å². The second-order valence-corrected chi connectivity index (χ2v) is 8.22. The van der Waals surface area contributed by atoms with E-state index in [4.69, 9.17) is 9.84 Å². The maximum atomic E-state index is 12.5. The maximum Gasteiger partial charge on any atom is 0.333 e. The molecule has 142 valence electrons. The molecule has 1 aliphatic carbocycles. The molecule has 1 heterocycles.